The first kappa shape index (κ1) is 12.9. The summed E-state index contributed by atoms with van der Waals surface area (Å²) in [5, 5.41) is 3.70. The van der Waals surface area contributed by atoms with Gasteiger partial charge in [0, 0.05) is 12.6 Å². The second-order valence-corrected chi connectivity index (χ2v) is 5.06. The first-order chi connectivity index (χ1) is 9.69. The highest BCUT2D eigenvalue weighted by atomic mass is 16.5. The van der Waals surface area contributed by atoms with Gasteiger partial charge in [-0.05, 0) is 12.5 Å². The standard InChI is InChI=1S/C15H16N2O3/c1-15(12-5-3-2-4-6-12)11-17(8-10-19-15)14(18)13-7-9-20-16-13/h2-7,9H,8,10-11H2,1H3. The Morgan fingerprint density at radius 1 is 1.30 bits per heavy atom. The lowest BCUT2D eigenvalue weighted by atomic mass is 9.94. The predicted octanol–water partition coefficient (Wildman–Crippen LogP) is 2.06. The van der Waals surface area contributed by atoms with Crippen molar-refractivity contribution in [1.29, 1.82) is 0 Å². The van der Waals surface area contributed by atoms with Gasteiger partial charge in [-0.25, -0.2) is 0 Å². The summed E-state index contributed by atoms with van der Waals surface area (Å²) in [6.45, 7) is 3.58. The van der Waals surface area contributed by atoms with Crippen molar-refractivity contribution in [2.24, 2.45) is 0 Å². The maximum absolute atomic E-state index is 12.3. The Labute approximate surface area is 117 Å². The van der Waals surface area contributed by atoms with Crippen molar-refractivity contribution in [2.75, 3.05) is 19.7 Å². The maximum atomic E-state index is 12.3. The molecule has 20 heavy (non-hydrogen) atoms. The number of rotatable bonds is 2. The zero-order valence-corrected chi connectivity index (χ0v) is 11.3. The van der Waals surface area contributed by atoms with Gasteiger partial charge >= 0.3 is 0 Å². The van der Waals surface area contributed by atoms with E-state index in [0.29, 0.717) is 25.4 Å². The summed E-state index contributed by atoms with van der Waals surface area (Å²) in [4.78, 5) is 14.1. The molecule has 5 nitrogen and oxygen atoms in total. The van der Waals surface area contributed by atoms with E-state index in [-0.39, 0.29) is 5.91 Å². The molecule has 104 valence electrons. The van der Waals surface area contributed by atoms with Gasteiger partial charge in [-0.2, -0.15) is 0 Å². The van der Waals surface area contributed by atoms with Crippen LogP contribution in [-0.4, -0.2) is 35.7 Å². The van der Waals surface area contributed by atoms with Crippen LogP contribution >= 0.6 is 0 Å². The maximum Gasteiger partial charge on any atom is 0.276 e. The molecule has 0 aliphatic carbocycles. The zero-order chi connectivity index (χ0) is 14.0. The fraction of sp³-hybridized carbons (Fsp3) is 0.333. The van der Waals surface area contributed by atoms with Gasteiger partial charge in [0.05, 0.1) is 13.2 Å². The van der Waals surface area contributed by atoms with Crippen LogP contribution in [0.15, 0.2) is 47.2 Å². The van der Waals surface area contributed by atoms with E-state index in [9.17, 15) is 4.79 Å². The molecule has 1 fully saturated rings. The summed E-state index contributed by atoms with van der Waals surface area (Å²) in [5.74, 6) is -0.121. The number of aromatic nitrogens is 1. The molecule has 1 aliphatic heterocycles. The Hall–Kier alpha value is -2.14. The summed E-state index contributed by atoms with van der Waals surface area (Å²) in [7, 11) is 0. The smallest absolute Gasteiger partial charge is 0.276 e. The largest absolute Gasteiger partial charge is 0.367 e. The summed E-state index contributed by atoms with van der Waals surface area (Å²) in [5.41, 5.74) is 0.916. The van der Waals surface area contributed by atoms with Crippen LogP contribution < -0.4 is 0 Å². The van der Waals surface area contributed by atoms with Gasteiger partial charge in [0.2, 0.25) is 0 Å². The van der Waals surface area contributed by atoms with Crippen LogP contribution in [0.4, 0.5) is 0 Å². The van der Waals surface area contributed by atoms with Gasteiger partial charge in [0.15, 0.2) is 5.69 Å². The van der Waals surface area contributed by atoms with Crippen molar-refractivity contribution in [2.45, 2.75) is 12.5 Å². The molecule has 5 heteroatoms. The lowest BCUT2D eigenvalue weighted by Crippen LogP contribution is -2.50. The normalized spacial score (nSPS) is 22.8. The summed E-state index contributed by atoms with van der Waals surface area (Å²) < 4.78 is 10.6. The summed E-state index contributed by atoms with van der Waals surface area (Å²) in [6.07, 6.45) is 1.41. The van der Waals surface area contributed by atoms with E-state index in [1.807, 2.05) is 37.3 Å². The third kappa shape index (κ3) is 2.32. The third-order valence-electron chi connectivity index (χ3n) is 3.60. The number of carbonyl (C=O) groups is 1. The van der Waals surface area contributed by atoms with Gasteiger partial charge in [-0.3, -0.25) is 4.79 Å². The number of ether oxygens (including phenoxy) is 1. The number of hydrogen-bond acceptors (Lipinski definition) is 4. The predicted molar refractivity (Wildman–Crippen MR) is 72.2 cm³/mol. The minimum Gasteiger partial charge on any atom is -0.367 e. The number of morpholine rings is 1. The monoisotopic (exact) mass is 272 g/mol. The van der Waals surface area contributed by atoms with E-state index in [1.54, 1.807) is 11.0 Å². The van der Waals surface area contributed by atoms with Gasteiger partial charge in [-0.15, -0.1) is 0 Å². The van der Waals surface area contributed by atoms with E-state index in [4.69, 9.17) is 9.26 Å². The van der Waals surface area contributed by atoms with Crippen molar-refractivity contribution in [3.63, 3.8) is 0 Å². The minimum absolute atomic E-state index is 0.121. The lowest BCUT2D eigenvalue weighted by molar-refractivity contribution is -0.0932. The van der Waals surface area contributed by atoms with Crippen LogP contribution in [0.1, 0.15) is 23.0 Å². The van der Waals surface area contributed by atoms with Crippen molar-refractivity contribution < 1.29 is 14.1 Å². The first-order valence-corrected chi connectivity index (χ1v) is 6.58. The quantitative estimate of drug-likeness (QED) is 0.839. The fourth-order valence-corrected chi connectivity index (χ4v) is 2.49. The molecule has 3 rings (SSSR count). The van der Waals surface area contributed by atoms with Crippen LogP contribution in [0.25, 0.3) is 0 Å². The Morgan fingerprint density at radius 3 is 2.80 bits per heavy atom. The Balaban J connectivity index is 1.82. The average molecular weight is 272 g/mol. The van der Waals surface area contributed by atoms with E-state index in [1.165, 1.54) is 6.26 Å². The molecule has 0 N–H and O–H groups in total. The van der Waals surface area contributed by atoms with E-state index in [2.05, 4.69) is 5.16 Å². The van der Waals surface area contributed by atoms with Gasteiger partial charge in [-0.1, -0.05) is 35.5 Å². The number of carbonyl (C=O) groups excluding carboxylic acids is 1. The molecule has 2 heterocycles. The number of benzene rings is 1. The molecule has 2 aromatic rings. The molecular formula is C15H16N2O3. The molecule has 1 aliphatic rings. The third-order valence-corrected chi connectivity index (χ3v) is 3.60. The molecule has 1 unspecified atom stereocenters. The van der Waals surface area contributed by atoms with Crippen LogP contribution in [-0.2, 0) is 10.3 Å². The molecule has 1 aromatic carbocycles. The molecule has 1 aromatic heterocycles. The summed E-state index contributed by atoms with van der Waals surface area (Å²) >= 11 is 0. The van der Waals surface area contributed by atoms with Gasteiger partial charge in [0.25, 0.3) is 5.91 Å². The second-order valence-electron chi connectivity index (χ2n) is 5.06. The summed E-state index contributed by atoms with van der Waals surface area (Å²) in [6, 6.07) is 11.5. The highest BCUT2D eigenvalue weighted by Gasteiger charge is 2.36. The molecule has 0 bridgehead atoms. The van der Waals surface area contributed by atoms with Crippen molar-refractivity contribution >= 4 is 5.91 Å². The molecular weight excluding hydrogens is 256 g/mol. The molecule has 0 radical (unpaired) electrons. The average Bonchev–Trinajstić information content (AvgIpc) is 3.02. The Bertz CT molecular complexity index is 582. The van der Waals surface area contributed by atoms with E-state index >= 15 is 0 Å². The van der Waals surface area contributed by atoms with Crippen LogP contribution in [0.2, 0.25) is 0 Å². The number of nitrogens with zero attached hydrogens (tertiary/aromatic N) is 2. The number of hydrogen-bond donors (Lipinski definition) is 0. The highest BCUT2D eigenvalue weighted by molar-refractivity contribution is 5.92. The molecule has 1 atom stereocenters. The van der Waals surface area contributed by atoms with Crippen molar-refractivity contribution in [3.05, 3.63) is 53.9 Å². The van der Waals surface area contributed by atoms with Crippen molar-refractivity contribution in [1.82, 2.24) is 10.1 Å². The van der Waals surface area contributed by atoms with E-state index in [0.717, 1.165) is 5.56 Å². The van der Waals surface area contributed by atoms with Gasteiger partial charge < -0.3 is 14.2 Å². The van der Waals surface area contributed by atoms with E-state index < -0.39 is 5.60 Å². The van der Waals surface area contributed by atoms with Crippen LogP contribution in [0.5, 0.6) is 0 Å². The Kier molecular flexibility index (Phi) is 3.28. The second kappa shape index (κ2) is 5.09. The highest BCUT2D eigenvalue weighted by Crippen LogP contribution is 2.29. The number of amides is 1. The molecule has 0 spiro atoms. The lowest BCUT2D eigenvalue weighted by Gasteiger charge is -2.40. The molecule has 0 saturated carbocycles. The van der Waals surface area contributed by atoms with Crippen LogP contribution in [0.3, 0.4) is 0 Å². The zero-order valence-electron chi connectivity index (χ0n) is 11.3. The first-order valence-electron chi connectivity index (χ1n) is 6.58. The van der Waals surface area contributed by atoms with Crippen molar-refractivity contribution in [3.8, 4) is 0 Å². The van der Waals surface area contributed by atoms with Crippen LogP contribution in [0, 0.1) is 0 Å². The SMILES string of the molecule is CC1(c2ccccc2)CN(C(=O)c2ccon2)CCO1. The Morgan fingerprint density at radius 2 is 2.10 bits per heavy atom. The minimum atomic E-state index is -0.487. The molecule has 1 saturated heterocycles. The topological polar surface area (TPSA) is 55.6 Å². The van der Waals surface area contributed by atoms with Gasteiger partial charge in [0.1, 0.15) is 11.9 Å². The molecule has 1 amide bonds. The fourth-order valence-electron chi connectivity index (χ4n) is 2.49.